The van der Waals surface area contributed by atoms with Gasteiger partial charge in [-0.25, -0.2) is 0 Å². The Labute approximate surface area is 60.6 Å². The highest BCUT2D eigenvalue weighted by atomic mass is 35.5. The van der Waals surface area contributed by atoms with Gasteiger partial charge >= 0.3 is 0 Å². The van der Waals surface area contributed by atoms with Crippen LogP contribution in [0.1, 0.15) is 19.6 Å². The van der Waals surface area contributed by atoms with Gasteiger partial charge in [-0.1, -0.05) is 13.8 Å². The van der Waals surface area contributed by atoms with Crippen LogP contribution in [0.3, 0.4) is 0 Å². The van der Waals surface area contributed by atoms with Gasteiger partial charge in [0.15, 0.2) is 5.22 Å². The Bertz CT molecular complexity index is 141. The molecule has 0 aliphatic carbocycles. The largest absolute Gasteiger partial charge is 0.450 e. The van der Waals surface area contributed by atoms with Gasteiger partial charge in [-0.2, -0.15) is 0 Å². The lowest BCUT2D eigenvalue weighted by molar-refractivity contribution is 0.536. The molecule has 0 N–H and O–H groups in total. The Kier molecular flexibility index (Phi) is 4.24. The van der Waals surface area contributed by atoms with Crippen molar-refractivity contribution in [1.29, 1.82) is 0 Å². The van der Waals surface area contributed by atoms with E-state index in [2.05, 4.69) is 0 Å². The summed E-state index contributed by atoms with van der Waals surface area (Å²) in [4.78, 5) is 0. The van der Waals surface area contributed by atoms with E-state index < -0.39 is 0 Å². The van der Waals surface area contributed by atoms with Gasteiger partial charge in [0.2, 0.25) is 0 Å². The van der Waals surface area contributed by atoms with E-state index in [1.807, 2.05) is 26.8 Å². The first-order chi connectivity index (χ1) is 4.29. The van der Waals surface area contributed by atoms with Crippen molar-refractivity contribution >= 4 is 11.6 Å². The van der Waals surface area contributed by atoms with Gasteiger partial charge in [-0.3, -0.25) is 0 Å². The second-order valence-corrected chi connectivity index (χ2v) is 1.72. The third-order valence-electron chi connectivity index (χ3n) is 0.708. The van der Waals surface area contributed by atoms with Crippen molar-refractivity contribution in [3.63, 3.8) is 0 Å². The summed E-state index contributed by atoms with van der Waals surface area (Å²) in [5, 5.41) is 0.456. The summed E-state index contributed by atoms with van der Waals surface area (Å²) in [6.07, 6.45) is 0. The summed E-state index contributed by atoms with van der Waals surface area (Å²) in [5.74, 6) is 0.852. The van der Waals surface area contributed by atoms with Crippen LogP contribution in [-0.4, -0.2) is 0 Å². The molecule has 1 aromatic rings. The summed E-state index contributed by atoms with van der Waals surface area (Å²) in [5.41, 5.74) is 0. The Balaban J connectivity index is 0.000000291. The van der Waals surface area contributed by atoms with Gasteiger partial charge in [0.1, 0.15) is 5.76 Å². The second-order valence-electron chi connectivity index (χ2n) is 1.35. The van der Waals surface area contributed by atoms with E-state index in [0.717, 1.165) is 5.76 Å². The second kappa shape index (κ2) is 4.45. The Morgan fingerprint density at radius 2 is 1.89 bits per heavy atom. The van der Waals surface area contributed by atoms with Gasteiger partial charge in [0, 0.05) is 0 Å². The molecule has 0 radical (unpaired) electrons. The van der Waals surface area contributed by atoms with Crippen LogP contribution in [0.15, 0.2) is 16.5 Å². The van der Waals surface area contributed by atoms with Gasteiger partial charge in [0.05, 0.1) is 0 Å². The predicted molar refractivity (Wildman–Crippen MR) is 39.8 cm³/mol. The number of hydrogen-bond acceptors (Lipinski definition) is 1. The van der Waals surface area contributed by atoms with Crippen molar-refractivity contribution in [2.24, 2.45) is 0 Å². The van der Waals surface area contributed by atoms with Crippen LogP contribution in [0.2, 0.25) is 5.22 Å². The molecule has 1 rings (SSSR count). The monoisotopic (exact) mass is 146 g/mol. The van der Waals surface area contributed by atoms with Gasteiger partial charge < -0.3 is 4.42 Å². The standard InChI is InChI=1S/C5H5ClO.C2H6/c1-4-2-3-5(6)7-4;1-2/h2-3H,1H3;1-2H3. The van der Waals surface area contributed by atoms with Gasteiger partial charge in [-0.05, 0) is 30.7 Å². The molecule has 0 amide bonds. The van der Waals surface area contributed by atoms with E-state index in [1.54, 1.807) is 6.07 Å². The van der Waals surface area contributed by atoms with Crippen molar-refractivity contribution in [2.75, 3.05) is 0 Å². The lowest BCUT2D eigenvalue weighted by atomic mass is 10.5. The molecular formula is C7H11ClO. The average molecular weight is 147 g/mol. The van der Waals surface area contributed by atoms with Gasteiger partial charge in [-0.15, -0.1) is 0 Å². The molecule has 0 saturated carbocycles. The number of aryl methyl sites for hydroxylation is 1. The Morgan fingerprint density at radius 3 is 2.00 bits per heavy atom. The van der Waals surface area contributed by atoms with E-state index in [1.165, 1.54) is 0 Å². The molecule has 0 aliphatic heterocycles. The summed E-state index contributed by atoms with van der Waals surface area (Å²) in [6, 6.07) is 3.54. The number of hydrogen-bond donors (Lipinski definition) is 0. The summed E-state index contributed by atoms with van der Waals surface area (Å²) in [7, 11) is 0. The maximum absolute atomic E-state index is 5.39. The number of furan rings is 1. The number of halogens is 1. The van der Waals surface area contributed by atoms with Crippen LogP contribution in [0.5, 0.6) is 0 Å². The Hall–Kier alpha value is -0.430. The molecule has 0 spiro atoms. The Morgan fingerprint density at radius 1 is 1.33 bits per heavy atom. The van der Waals surface area contributed by atoms with Crippen LogP contribution in [0.4, 0.5) is 0 Å². The third kappa shape index (κ3) is 3.20. The molecule has 0 saturated heterocycles. The van der Waals surface area contributed by atoms with Crippen molar-refractivity contribution < 1.29 is 4.42 Å². The first kappa shape index (κ1) is 8.57. The molecule has 1 nitrogen and oxygen atoms in total. The minimum atomic E-state index is 0.456. The third-order valence-corrected chi connectivity index (χ3v) is 0.911. The number of rotatable bonds is 0. The van der Waals surface area contributed by atoms with E-state index in [9.17, 15) is 0 Å². The predicted octanol–water partition coefficient (Wildman–Crippen LogP) is 3.27. The zero-order chi connectivity index (χ0) is 7.28. The summed E-state index contributed by atoms with van der Waals surface area (Å²) in [6.45, 7) is 5.85. The topological polar surface area (TPSA) is 13.1 Å². The normalized spacial score (nSPS) is 8.00. The molecule has 0 aromatic carbocycles. The first-order valence-corrected chi connectivity index (χ1v) is 3.39. The molecule has 1 heterocycles. The molecule has 0 atom stereocenters. The van der Waals surface area contributed by atoms with Gasteiger partial charge in [0.25, 0.3) is 0 Å². The highest BCUT2D eigenvalue weighted by Gasteiger charge is 1.88. The molecule has 9 heavy (non-hydrogen) atoms. The molecular weight excluding hydrogens is 136 g/mol. The van der Waals surface area contributed by atoms with Crippen molar-refractivity contribution in [2.45, 2.75) is 20.8 Å². The smallest absolute Gasteiger partial charge is 0.193 e. The lowest BCUT2D eigenvalue weighted by Gasteiger charge is -1.74. The molecule has 0 bridgehead atoms. The van der Waals surface area contributed by atoms with E-state index in [0.29, 0.717) is 5.22 Å². The molecule has 2 heteroatoms. The van der Waals surface area contributed by atoms with Crippen LogP contribution in [-0.2, 0) is 0 Å². The fourth-order valence-electron chi connectivity index (χ4n) is 0.405. The minimum Gasteiger partial charge on any atom is -0.450 e. The lowest BCUT2D eigenvalue weighted by Crippen LogP contribution is -1.49. The molecule has 52 valence electrons. The van der Waals surface area contributed by atoms with Crippen LogP contribution >= 0.6 is 11.6 Å². The van der Waals surface area contributed by atoms with Crippen molar-refractivity contribution in [1.82, 2.24) is 0 Å². The minimum absolute atomic E-state index is 0.456. The molecule has 1 aromatic heterocycles. The maximum Gasteiger partial charge on any atom is 0.193 e. The van der Waals surface area contributed by atoms with E-state index >= 15 is 0 Å². The maximum atomic E-state index is 5.39. The fraction of sp³-hybridized carbons (Fsp3) is 0.429. The summed E-state index contributed by atoms with van der Waals surface area (Å²) < 4.78 is 4.85. The van der Waals surface area contributed by atoms with Crippen LogP contribution in [0.25, 0.3) is 0 Å². The zero-order valence-corrected chi connectivity index (χ0v) is 6.70. The zero-order valence-electron chi connectivity index (χ0n) is 5.94. The van der Waals surface area contributed by atoms with Crippen molar-refractivity contribution in [3.8, 4) is 0 Å². The highest BCUT2D eigenvalue weighted by Crippen LogP contribution is 2.10. The van der Waals surface area contributed by atoms with Crippen molar-refractivity contribution in [3.05, 3.63) is 23.1 Å². The van der Waals surface area contributed by atoms with E-state index in [4.69, 9.17) is 16.0 Å². The molecule has 0 unspecified atom stereocenters. The quantitative estimate of drug-likeness (QED) is 0.548. The van der Waals surface area contributed by atoms with E-state index in [-0.39, 0.29) is 0 Å². The van der Waals surface area contributed by atoms with Crippen LogP contribution < -0.4 is 0 Å². The first-order valence-electron chi connectivity index (χ1n) is 3.01. The molecule has 0 aliphatic rings. The average Bonchev–Trinajstić information content (AvgIpc) is 2.20. The highest BCUT2D eigenvalue weighted by molar-refractivity contribution is 6.28. The van der Waals surface area contributed by atoms with Crippen LogP contribution in [0, 0.1) is 6.92 Å². The molecule has 0 fully saturated rings. The SMILES string of the molecule is CC.Cc1ccc(Cl)o1. The summed E-state index contributed by atoms with van der Waals surface area (Å²) >= 11 is 5.39. The fourth-order valence-corrected chi connectivity index (χ4v) is 0.589.